The van der Waals surface area contributed by atoms with Gasteiger partial charge in [0.2, 0.25) is 0 Å². The minimum absolute atomic E-state index is 0.178. The van der Waals surface area contributed by atoms with Crippen molar-refractivity contribution < 1.29 is 0 Å². The van der Waals surface area contributed by atoms with E-state index in [1.54, 1.807) is 11.1 Å². The lowest BCUT2D eigenvalue weighted by Crippen LogP contribution is -2.55. The lowest BCUT2D eigenvalue weighted by atomic mass is 9.43. The molecule has 0 atom stereocenters. The Kier molecular flexibility index (Phi) is 5.34. The third-order valence-corrected chi connectivity index (χ3v) is 12.8. The molecule has 0 unspecified atom stereocenters. The highest BCUT2D eigenvalue weighted by atomic mass is 15.0. The fraction of sp³-hybridized carbons (Fsp3) is 0.217. The normalized spacial score (nSPS) is 25.1. The second kappa shape index (κ2) is 9.58. The van der Waals surface area contributed by atoms with Crippen molar-refractivity contribution in [2.24, 2.45) is 23.7 Å². The molecule has 12 rings (SSSR count). The largest absolute Gasteiger partial charge is 0.309 e. The number of rotatable bonds is 3. The van der Waals surface area contributed by atoms with Crippen LogP contribution in [0.15, 0.2) is 140 Å². The van der Waals surface area contributed by atoms with Crippen molar-refractivity contribution in [3.05, 3.63) is 151 Å². The highest BCUT2D eigenvalue weighted by Crippen LogP contribution is 2.70. The molecular formula is C46H37N. The molecule has 0 aliphatic heterocycles. The molecule has 1 heteroatoms. The molecule has 1 aromatic heterocycles. The molecule has 1 heterocycles. The number of hydrogen-bond donors (Lipinski definition) is 0. The van der Waals surface area contributed by atoms with Crippen LogP contribution < -0.4 is 0 Å². The van der Waals surface area contributed by atoms with E-state index in [0.717, 1.165) is 23.7 Å². The van der Waals surface area contributed by atoms with Gasteiger partial charge < -0.3 is 4.57 Å². The smallest absolute Gasteiger partial charge is 0.0547 e. The molecular weight excluding hydrogens is 567 g/mol. The Morgan fingerprint density at radius 1 is 0.447 bits per heavy atom. The van der Waals surface area contributed by atoms with E-state index in [9.17, 15) is 0 Å². The summed E-state index contributed by atoms with van der Waals surface area (Å²) < 4.78 is 2.47. The first-order valence-electron chi connectivity index (χ1n) is 17.7. The van der Waals surface area contributed by atoms with Gasteiger partial charge >= 0.3 is 0 Å². The lowest BCUT2D eigenvalue weighted by molar-refractivity contribution is -0.0399. The van der Waals surface area contributed by atoms with Crippen LogP contribution in [0, 0.1) is 23.7 Å². The molecule has 47 heavy (non-hydrogen) atoms. The van der Waals surface area contributed by atoms with E-state index in [4.69, 9.17) is 0 Å². The topological polar surface area (TPSA) is 4.93 Å². The first kappa shape index (κ1) is 26.2. The van der Waals surface area contributed by atoms with Crippen molar-refractivity contribution in [2.75, 3.05) is 0 Å². The molecule has 226 valence electrons. The Morgan fingerprint density at radius 2 is 1.04 bits per heavy atom. The van der Waals surface area contributed by atoms with Gasteiger partial charge in [0.25, 0.3) is 0 Å². The minimum atomic E-state index is 0.178. The van der Waals surface area contributed by atoms with E-state index in [1.807, 2.05) is 0 Å². The monoisotopic (exact) mass is 603 g/mol. The van der Waals surface area contributed by atoms with Gasteiger partial charge in [0, 0.05) is 21.9 Å². The molecule has 0 N–H and O–H groups in total. The van der Waals surface area contributed by atoms with Gasteiger partial charge in [0.15, 0.2) is 0 Å². The van der Waals surface area contributed by atoms with Crippen molar-refractivity contribution in [2.45, 2.75) is 37.5 Å². The summed E-state index contributed by atoms with van der Waals surface area (Å²) >= 11 is 0. The van der Waals surface area contributed by atoms with Crippen molar-refractivity contribution in [1.29, 1.82) is 0 Å². The molecule has 0 saturated heterocycles. The molecule has 4 fully saturated rings. The first-order valence-corrected chi connectivity index (χ1v) is 17.7. The number of para-hydroxylation sites is 1. The second-order valence-corrected chi connectivity index (χ2v) is 14.9. The Balaban J connectivity index is 1.15. The predicted molar refractivity (Wildman–Crippen MR) is 195 cm³/mol. The molecule has 6 aromatic carbocycles. The van der Waals surface area contributed by atoms with Gasteiger partial charge in [-0.3, -0.25) is 0 Å². The minimum Gasteiger partial charge on any atom is -0.309 e. The maximum atomic E-state index is 2.53. The van der Waals surface area contributed by atoms with Crippen molar-refractivity contribution >= 4 is 21.8 Å². The molecule has 4 bridgehead atoms. The van der Waals surface area contributed by atoms with Crippen LogP contribution in [0.1, 0.15) is 43.2 Å². The Morgan fingerprint density at radius 3 is 1.85 bits per heavy atom. The van der Waals surface area contributed by atoms with Crippen molar-refractivity contribution in [1.82, 2.24) is 4.57 Å². The molecule has 0 amide bonds. The Bertz CT molecular complexity index is 2330. The lowest BCUT2D eigenvalue weighted by Gasteiger charge is -2.61. The fourth-order valence-electron chi connectivity index (χ4n) is 11.4. The van der Waals surface area contributed by atoms with Crippen LogP contribution in [0.25, 0.3) is 60.9 Å². The molecule has 5 aliphatic carbocycles. The number of nitrogens with zero attached hydrogens (tertiary/aromatic N) is 1. The Hall–Kier alpha value is -4.88. The van der Waals surface area contributed by atoms with Crippen LogP contribution in [-0.4, -0.2) is 4.57 Å². The molecule has 1 spiro atoms. The summed E-state index contributed by atoms with van der Waals surface area (Å²) in [6.07, 6.45) is 7.14. The van der Waals surface area contributed by atoms with Crippen LogP contribution >= 0.6 is 0 Å². The van der Waals surface area contributed by atoms with Gasteiger partial charge in [0.05, 0.1) is 11.0 Å². The quantitative estimate of drug-likeness (QED) is 0.189. The number of aromatic nitrogens is 1. The van der Waals surface area contributed by atoms with Crippen LogP contribution in [0.3, 0.4) is 0 Å². The second-order valence-electron chi connectivity index (χ2n) is 14.9. The van der Waals surface area contributed by atoms with Gasteiger partial charge in [0.1, 0.15) is 0 Å². The maximum absolute atomic E-state index is 2.53. The summed E-state index contributed by atoms with van der Waals surface area (Å²) in [4.78, 5) is 0. The van der Waals surface area contributed by atoms with E-state index in [1.165, 1.54) is 93.0 Å². The maximum Gasteiger partial charge on any atom is 0.0547 e. The van der Waals surface area contributed by atoms with Gasteiger partial charge in [-0.05, 0) is 125 Å². The zero-order chi connectivity index (χ0) is 30.7. The first-order chi connectivity index (χ1) is 23.3. The Labute approximate surface area is 276 Å². The molecule has 0 radical (unpaired) electrons. The highest BCUT2D eigenvalue weighted by Gasteiger charge is 2.61. The zero-order valence-electron chi connectivity index (χ0n) is 26.6. The van der Waals surface area contributed by atoms with Gasteiger partial charge in [-0.15, -0.1) is 0 Å². The third-order valence-electron chi connectivity index (χ3n) is 12.8. The number of fused-ring (bicyclic) bond motifs is 6. The fourth-order valence-corrected chi connectivity index (χ4v) is 11.4. The van der Waals surface area contributed by atoms with Crippen molar-refractivity contribution in [3.63, 3.8) is 0 Å². The van der Waals surface area contributed by atoms with Crippen LogP contribution in [0.4, 0.5) is 0 Å². The van der Waals surface area contributed by atoms with E-state index in [0.29, 0.717) is 0 Å². The zero-order valence-corrected chi connectivity index (χ0v) is 26.6. The third kappa shape index (κ3) is 3.45. The molecule has 4 saturated carbocycles. The molecule has 7 aromatic rings. The van der Waals surface area contributed by atoms with Crippen molar-refractivity contribution in [3.8, 4) is 39.1 Å². The highest BCUT2D eigenvalue weighted by molar-refractivity contribution is 6.17. The van der Waals surface area contributed by atoms with E-state index < -0.39 is 0 Å². The summed E-state index contributed by atoms with van der Waals surface area (Å²) in [7, 11) is 0. The standard InChI is InChI=1S/C46H37N/c1-2-10-31(11-3-1)32-20-22-35(23-21-32)47-42-18-7-5-13-39(42)45-37(15-9-19-43(45)47)36-14-8-17-41-44(36)38-12-4-6-16-40(38)46(41)33-25-29-24-30(27-33)28-34(46)26-29/h1-23,29-30,33-34H,24-28H2. The molecule has 1 nitrogen and oxygen atoms in total. The SMILES string of the molecule is c1ccc(-c2ccc(-n3c4ccccc4c4c(-c5cccc6c5-c5ccccc5C65C6CC7CC(C6)CC5C7)cccc43)cc2)cc1. The average Bonchev–Trinajstić information content (AvgIpc) is 3.62. The van der Waals surface area contributed by atoms with Crippen LogP contribution in [-0.2, 0) is 5.41 Å². The molecule has 5 aliphatic rings. The summed E-state index contributed by atoms with van der Waals surface area (Å²) in [5.41, 5.74) is 15.4. The summed E-state index contributed by atoms with van der Waals surface area (Å²) in [5.74, 6) is 3.44. The van der Waals surface area contributed by atoms with Gasteiger partial charge in [-0.1, -0.05) is 115 Å². The predicted octanol–water partition coefficient (Wildman–Crippen LogP) is 11.8. The average molecular weight is 604 g/mol. The summed E-state index contributed by atoms with van der Waals surface area (Å²) in [5, 5.41) is 2.67. The van der Waals surface area contributed by atoms with Crippen LogP contribution in [0.5, 0.6) is 0 Å². The van der Waals surface area contributed by atoms with Gasteiger partial charge in [-0.25, -0.2) is 0 Å². The van der Waals surface area contributed by atoms with E-state index >= 15 is 0 Å². The summed E-state index contributed by atoms with van der Waals surface area (Å²) in [6.45, 7) is 0. The van der Waals surface area contributed by atoms with E-state index in [2.05, 4.69) is 144 Å². The number of benzene rings is 6. The van der Waals surface area contributed by atoms with Crippen LogP contribution in [0.2, 0.25) is 0 Å². The van der Waals surface area contributed by atoms with E-state index in [-0.39, 0.29) is 5.41 Å². The number of hydrogen-bond acceptors (Lipinski definition) is 0. The summed E-state index contributed by atoms with van der Waals surface area (Å²) in [6, 6.07) is 52.6. The van der Waals surface area contributed by atoms with Gasteiger partial charge in [-0.2, -0.15) is 0 Å².